The molecule has 0 amide bonds. The molecule has 0 aliphatic heterocycles. The summed E-state index contributed by atoms with van der Waals surface area (Å²) in [5.41, 5.74) is 5.79. The number of aromatic nitrogens is 2. The predicted octanol–water partition coefficient (Wildman–Crippen LogP) is 1.87. The number of halogens is 1. The maximum atomic E-state index is 13.4. The van der Waals surface area contributed by atoms with Gasteiger partial charge < -0.3 is 10.5 Å². The molecule has 16 heavy (non-hydrogen) atoms. The maximum Gasteiger partial charge on any atom is 0.321 e. The van der Waals surface area contributed by atoms with E-state index in [1.54, 1.807) is 30.6 Å². The highest BCUT2D eigenvalue weighted by atomic mass is 19.1. The fourth-order valence-electron chi connectivity index (χ4n) is 1.20. The van der Waals surface area contributed by atoms with Gasteiger partial charge in [0.15, 0.2) is 0 Å². The second-order valence-electron chi connectivity index (χ2n) is 3.09. The largest absolute Gasteiger partial charge is 0.424 e. The van der Waals surface area contributed by atoms with Crippen molar-refractivity contribution in [2.24, 2.45) is 5.73 Å². The normalized spacial score (nSPS) is 10.1. The Kier molecular flexibility index (Phi) is 3.07. The van der Waals surface area contributed by atoms with Gasteiger partial charge in [-0.2, -0.15) is 0 Å². The molecule has 82 valence electrons. The van der Waals surface area contributed by atoms with Gasteiger partial charge in [0, 0.05) is 30.6 Å². The van der Waals surface area contributed by atoms with Crippen LogP contribution in [0, 0.1) is 5.82 Å². The van der Waals surface area contributed by atoms with Crippen LogP contribution < -0.4 is 10.5 Å². The van der Waals surface area contributed by atoms with Gasteiger partial charge in [0.1, 0.15) is 11.6 Å². The summed E-state index contributed by atoms with van der Waals surface area (Å²) < 4.78 is 18.6. The molecule has 1 heterocycles. The average molecular weight is 219 g/mol. The highest BCUT2D eigenvalue weighted by Crippen LogP contribution is 2.20. The van der Waals surface area contributed by atoms with Crippen LogP contribution in [0.4, 0.5) is 4.39 Å². The number of benzene rings is 1. The summed E-state index contributed by atoms with van der Waals surface area (Å²) in [5, 5.41) is 0. The molecule has 1 aromatic carbocycles. The molecular formula is C11H10FN3O. The molecule has 5 heteroatoms. The summed E-state index contributed by atoms with van der Waals surface area (Å²) in [7, 11) is 0. The molecule has 1 aromatic heterocycles. The van der Waals surface area contributed by atoms with Gasteiger partial charge in [-0.3, -0.25) is 0 Å². The van der Waals surface area contributed by atoms with Gasteiger partial charge in [-0.05, 0) is 12.1 Å². The van der Waals surface area contributed by atoms with Crippen molar-refractivity contribution in [1.29, 1.82) is 0 Å². The first-order valence-corrected chi connectivity index (χ1v) is 4.73. The number of hydrogen-bond donors (Lipinski definition) is 1. The molecule has 0 atom stereocenters. The van der Waals surface area contributed by atoms with Crippen molar-refractivity contribution < 1.29 is 9.13 Å². The zero-order chi connectivity index (χ0) is 11.4. The Balaban J connectivity index is 2.20. The summed E-state index contributed by atoms with van der Waals surface area (Å²) in [6.45, 7) is 0.161. The summed E-state index contributed by atoms with van der Waals surface area (Å²) >= 11 is 0. The van der Waals surface area contributed by atoms with Gasteiger partial charge in [-0.25, -0.2) is 14.4 Å². The van der Waals surface area contributed by atoms with Crippen LogP contribution in [-0.4, -0.2) is 9.97 Å². The first-order valence-electron chi connectivity index (χ1n) is 4.73. The number of ether oxygens (including phenoxy) is 1. The molecule has 0 unspecified atom stereocenters. The van der Waals surface area contributed by atoms with Crippen molar-refractivity contribution in [2.45, 2.75) is 6.54 Å². The van der Waals surface area contributed by atoms with E-state index in [1.165, 1.54) is 6.07 Å². The minimum atomic E-state index is -0.393. The number of hydrogen-bond acceptors (Lipinski definition) is 4. The SMILES string of the molecule is NCc1ccc(Oc2ncccn2)cc1F. The molecule has 2 rings (SSSR count). The monoisotopic (exact) mass is 219 g/mol. The van der Waals surface area contributed by atoms with Gasteiger partial charge in [0.25, 0.3) is 0 Å². The standard InChI is InChI=1S/C11H10FN3O/c12-10-6-9(3-2-8(10)7-13)16-11-14-4-1-5-15-11/h1-6H,7,13H2. The van der Waals surface area contributed by atoms with Crippen molar-refractivity contribution in [3.05, 3.63) is 48.0 Å². The van der Waals surface area contributed by atoms with Gasteiger partial charge in [-0.15, -0.1) is 0 Å². The van der Waals surface area contributed by atoms with Crippen LogP contribution >= 0.6 is 0 Å². The van der Waals surface area contributed by atoms with Crippen molar-refractivity contribution in [2.75, 3.05) is 0 Å². The topological polar surface area (TPSA) is 61.0 Å². The summed E-state index contributed by atoms with van der Waals surface area (Å²) in [6, 6.07) is 6.32. The van der Waals surface area contributed by atoms with E-state index in [0.717, 1.165) is 0 Å². The van der Waals surface area contributed by atoms with Crippen LogP contribution in [0.2, 0.25) is 0 Å². The molecule has 2 aromatic rings. The Hall–Kier alpha value is -2.01. The smallest absolute Gasteiger partial charge is 0.321 e. The first-order chi connectivity index (χ1) is 7.79. The summed E-state index contributed by atoms with van der Waals surface area (Å²) in [6.07, 6.45) is 3.10. The van der Waals surface area contributed by atoms with Gasteiger partial charge >= 0.3 is 6.01 Å². The molecular weight excluding hydrogens is 209 g/mol. The van der Waals surface area contributed by atoms with Gasteiger partial charge in [0.05, 0.1) is 0 Å². The van der Waals surface area contributed by atoms with Crippen LogP contribution in [0.15, 0.2) is 36.7 Å². The lowest BCUT2D eigenvalue weighted by Gasteiger charge is -2.05. The first kappa shape index (κ1) is 10.5. The third-order valence-corrected chi connectivity index (χ3v) is 2.00. The second kappa shape index (κ2) is 4.67. The molecule has 4 nitrogen and oxygen atoms in total. The lowest BCUT2D eigenvalue weighted by molar-refractivity contribution is 0.437. The van der Waals surface area contributed by atoms with Crippen molar-refractivity contribution in [3.63, 3.8) is 0 Å². The van der Waals surface area contributed by atoms with Gasteiger partial charge in [0.2, 0.25) is 0 Å². The van der Waals surface area contributed by atoms with E-state index in [2.05, 4.69) is 9.97 Å². The molecule has 0 saturated heterocycles. The Morgan fingerprint density at radius 3 is 2.62 bits per heavy atom. The highest BCUT2D eigenvalue weighted by Gasteiger charge is 2.04. The Labute approximate surface area is 91.9 Å². The van der Waals surface area contributed by atoms with E-state index in [1.807, 2.05) is 0 Å². The highest BCUT2D eigenvalue weighted by molar-refractivity contribution is 5.30. The molecule has 0 aliphatic rings. The van der Waals surface area contributed by atoms with E-state index < -0.39 is 5.82 Å². The van der Waals surface area contributed by atoms with Crippen LogP contribution in [0.3, 0.4) is 0 Å². The summed E-state index contributed by atoms with van der Waals surface area (Å²) in [5.74, 6) is -0.0446. The zero-order valence-electron chi connectivity index (χ0n) is 8.43. The van der Waals surface area contributed by atoms with E-state index in [-0.39, 0.29) is 12.6 Å². The summed E-state index contributed by atoms with van der Waals surface area (Å²) in [4.78, 5) is 7.73. The van der Waals surface area contributed by atoms with Crippen LogP contribution in [0.5, 0.6) is 11.8 Å². The molecule has 2 N–H and O–H groups in total. The quantitative estimate of drug-likeness (QED) is 0.855. The van der Waals surface area contributed by atoms with Crippen molar-refractivity contribution in [1.82, 2.24) is 9.97 Å². The third kappa shape index (κ3) is 2.32. The molecule has 0 radical (unpaired) electrons. The second-order valence-corrected chi connectivity index (χ2v) is 3.09. The number of nitrogens with two attached hydrogens (primary N) is 1. The maximum absolute atomic E-state index is 13.4. The molecule has 0 fully saturated rings. The third-order valence-electron chi connectivity index (χ3n) is 2.00. The zero-order valence-corrected chi connectivity index (χ0v) is 8.43. The van der Waals surface area contributed by atoms with Crippen molar-refractivity contribution >= 4 is 0 Å². The average Bonchev–Trinajstić information content (AvgIpc) is 2.31. The van der Waals surface area contributed by atoms with E-state index >= 15 is 0 Å². The van der Waals surface area contributed by atoms with E-state index in [0.29, 0.717) is 11.3 Å². The van der Waals surface area contributed by atoms with Crippen molar-refractivity contribution in [3.8, 4) is 11.8 Å². The fraction of sp³-hybridized carbons (Fsp3) is 0.0909. The Bertz CT molecular complexity index is 476. The van der Waals surface area contributed by atoms with Gasteiger partial charge in [-0.1, -0.05) is 6.07 Å². The Morgan fingerprint density at radius 2 is 2.00 bits per heavy atom. The van der Waals surface area contributed by atoms with Crippen LogP contribution in [0.25, 0.3) is 0 Å². The van der Waals surface area contributed by atoms with E-state index in [4.69, 9.17) is 10.5 Å². The minimum Gasteiger partial charge on any atom is -0.424 e. The molecule has 0 aliphatic carbocycles. The molecule has 0 bridgehead atoms. The number of nitrogens with zero attached hydrogens (tertiary/aromatic N) is 2. The molecule has 0 spiro atoms. The fourth-order valence-corrected chi connectivity index (χ4v) is 1.20. The van der Waals surface area contributed by atoms with Crippen LogP contribution in [-0.2, 0) is 6.54 Å². The predicted molar refractivity (Wildman–Crippen MR) is 56.4 cm³/mol. The minimum absolute atomic E-state index is 0.161. The number of rotatable bonds is 3. The van der Waals surface area contributed by atoms with Crippen LogP contribution in [0.1, 0.15) is 5.56 Å². The lowest BCUT2D eigenvalue weighted by Crippen LogP contribution is -2.00. The van der Waals surface area contributed by atoms with E-state index in [9.17, 15) is 4.39 Å². The lowest BCUT2D eigenvalue weighted by atomic mass is 10.2. The Morgan fingerprint density at radius 1 is 1.25 bits per heavy atom. The molecule has 0 saturated carbocycles.